The zero-order chi connectivity index (χ0) is 11.8. The van der Waals surface area contributed by atoms with Crippen molar-refractivity contribution < 1.29 is 0 Å². The first kappa shape index (κ1) is 13.3. The van der Waals surface area contributed by atoms with Crippen LogP contribution in [0.2, 0.25) is 0 Å². The number of hydrogen-bond donors (Lipinski definition) is 1. The van der Waals surface area contributed by atoms with Crippen LogP contribution in [0.25, 0.3) is 0 Å². The fourth-order valence-electron chi connectivity index (χ4n) is 2.49. The van der Waals surface area contributed by atoms with Gasteiger partial charge in [-0.05, 0) is 26.2 Å². The second-order valence-electron chi connectivity index (χ2n) is 4.70. The highest BCUT2D eigenvalue weighted by Crippen LogP contribution is 2.25. The lowest BCUT2D eigenvalue weighted by Crippen LogP contribution is -2.37. The summed E-state index contributed by atoms with van der Waals surface area (Å²) in [6.45, 7) is 7.05. The number of rotatable bonds is 5. The van der Waals surface area contributed by atoms with Gasteiger partial charge in [0, 0.05) is 19.6 Å². The lowest BCUT2D eigenvalue weighted by Gasteiger charge is -2.22. The molecule has 0 unspecified atom stereocenters. The van der Waals surface area contributed by atoms with E-state index in [4.69, 9.17) is 5.73 Å². The maximum absolute atomic E-state index is 5.93. The molecule has 1 aliphatic carbocycles. The Morgan fingerprint density at radius 2 is 1.81 bits per heavy atom. The van der Waals surface area contributed by atoms with Crippen LogP contribution in [0.15, 0.2) is 4.99 Å². The molecule has 1 rings (SSSR count). The van der Waals surface area contributed by atoms with E-state index in [1.54, 1.807) is 0 Å². The molecule has 0 heterocycles. The first-order valence-electron chi connectivity index (χ1n) is 6.82. The summed E-state index contributed by atoms with van der Waals surface area (Å²) in [6.07, 6.45) is 8.30. The summed E-state index contributed by atoms with van der Waals surface area (Å²) < 4.78 is 0. The van der Waals surface area contributed by atoms with Crippen molar-refractivity contribution in [1.29, 1.82) is 0 Å². The van der Waals surface area contributed by atoms with Crippen LogP contribution in [-0.4, -0.2) is 30.5 Å². The Labute approximate surface area is 100 Å². The second kappa shape index (κ2) is 7.53. The zero-order valence-electron chi connectivity index (χ0n) is 10.9. The molecule has 0 bridgehead atoms. The van der Waals surface area contributed by atoms with E-state index in [9.17, 15) is 0 Å². The molecule has 0 aromatic carbocycles. The zero-order valence-corrected chi connectivity index (χ0v) is 10.9. The third-order valence-electron chi connectivity index (χ3n) is 3.62. The van der Waals surface area contributed by atoms with Gasteiger partial charge >= 0.3 is 0 Å². The number of hydrogen-bond acceptors (Lipinski definition) is 1. The van der Waals surface area contributed by atoms with Crippen molar-refractivity contribution in [2.45, 2.75) is 52.4 Å². The molecule has 0 spiro atoms. The molecule has 16 heavy (non-hydrogen) atoms. The molecule has 0 atom stereocenters. The van der Waals surface area contributed by atoms with Gasteiger partial charge in [0.2, 0.25) is 0 Å². The Bertz CT molecular complexity index is 203. The van der Waals surface area contributed by atoms with E-state index in [-0.39, 0.29) is 0 Å². The monoisotopic (exact) mass is 225 g/mol. The average molecular weight is 225 g/mol. The molecule has 0 aliphatic heterocycles. The molecule has 0 aromatic heterocycles. The maximum Gasteiger partial charge on any atom is 0.191 e. The van der Waals surface area contributed by atoms with Crippen molar-refractivity contribution in [2.24, 2.45) is 16.6 Å². The van der Waals surface area contributed by atoms with Crippen molar-refractivity contribution in [2.75, 3.05) is 19.6 Å². The Hall–Kier alpha value is -0.730. The van der Waals surface area contributed by atoms with Crippen LogP contribution in [0.3, 0.4) is 0 Å². The summed E-state index contributed by atoms with van der Waals surface area (Å²) >= 11 is 0. The van der Waals surface area contributed by atoms with Gasteiger partial charge < -0.3 is 10.6 Å². The van der Waals surface area contributed by atoms with E-state index in [2.05, 4.69) is 23.7 Å². The minimum atomic E-state index is 0.723. The van der Waals surface area contributed by atoms with Crippen LogP contribution in [0, 0.1) is 5.92 Å². The van der Waals surface area contributed by atoms with Crippen molar-refractivity contribution in [3.63, 3.8) is 0 Å². The smallest absolute Gasteiger partial charge is 0.191 e. The summed E-state index contributed by atoms with van der Waals surface area (Å²) in [5, 5.41) is 0. The van der Waals surface area contributed by atoms with Crippen LogP contribution < -0.4 is 5.73 Å². The summed E-state index contributed by atoms with van der Waals surface area (Å²) in [5.41, 5.74) is 5.93. The van der Waals surface area contributed by atoms with Gasteiger partial charge in [0.15, 0.2) is 5.96 Å². The number of guanidine groups is 1. The molecule has 0 aromatic rings. The molecular formula is C13H27N3. The summed E-state index contributed by atoms with van der Waals surface area (Å²) in [5.74, 6) is 1.63. The molecule has 0 amide bonds. The van der Waals surface area contributed by atoms with Crippen molar-refractivity contribution in [3.8, 4) is 0 Å². The van der Waals surface area contributed by atoms with Gasteiger partial charge in [-0.3, -0.25) is 4.99 Å². The molecule has 0 saturated heterocycles. The van der Waals surface area contributed by atoms with Crippen LogP contribution in [-0.2, 0) is 0 Å². The normalized spacial score (nSPS) is 18.8. The summed E-state index contributed by atoms with van der Waals surface area (Å²) in [4.78, 5) is 6.59. The Morgan fingerprint density at radius 1 is 1.19 bits per heavy atom. The fourth-order valence-corrected chi connectivity index (χ4v) is 2.49. The first-order valence-corrected chi connectivity index (χ1v) is 6.82. The molecular weight excluding hydrogens is 198 g/mol. The predicted molar refractivity (Wildman–Crippen MR) is 70.6 cm³/mol. The number of nitrogens with zero attached hydrogens (tertiary/aromatic N) is 2. The van der Waals surface area contributed by atoms with Gasteiger partial charge in [-0.25, -0.2) is 0 Å². The van der Waals surface area contributed by atoms with E-state index in [1.807, 2.05) is 0 Å². The number of aliphatic imine (C=N–C) groups is 1. The molecule has 1 aliphatic rings. The van der Waals surface area contributed by atoms with E-state index >= 15 is 0 Å². The van der Waals surface area contributed by atoms with Gasteiger partial charge in [-0.1, -0.05) is 32.1 Å². The highest BCUT2D eigenvalue weighted by atomic mass is 15.2. The quantitative estimate of drug-likeness (QED) is 0.577. The topological polar surface area (TPSA) is 41.6 Å². The molecule has 94 valence electrons. The Morgan fingerprint density at radius 3 is 2.38 bits per heavy atom. The van der Waals surface area contributed by atoms with E-state index < -0.39 is 0 Å². The van der Waals surface area contributed by atoms with Gasteiger partial charge in [0.1, 0.15) is 0 Å². The predicted octanol–water partition coefficient (Wildman–Crippen LogP) is 2.61. The highest BCUT2D eigenvalue weighted by Gasteiger charge is 2.12. The van der Waals surface area contributed by atoms with Crippen LogP contribution in [0.5, 0.6) is 0 Å². The van der Waals surface area contributed by atoms with Crippen LogP contribution in [0.4, 0.5) is 0 Å². The summed E-state index contributed by atoms with van der Waals surface area (Å²) in [7, 11) is 0. The standard InChI is InChI=1S/C13H27N3/c1-3-16(4-2)13(14)15-11-10-12-8-6-5-7-9-12/h12H,3-11H2,1-2H3,(H2,14,15). The molecule has 3 nitrogen and oxygen atoms in total. The fraction of sp³-hybridized carbons (Fsp3) is 0.923. The Balaban J connectivity index is 2.23. The average Bonchev–Trinajstić information content (AvgIpc) is 2.32. The lowest BCUT2D eigenvalue weighted by molar-refractivity contribution is 0.342. The third-order valence-corrected chi connectivity index (χ3v) is 3.62. The van der Waals surface area contributed by atoms with Crippen molar-refractivity contribution >= 4 is 5.96 Å². The van der Waals surface area contributed by atoms with Gasteiger partial charge in [0.05, 0.1) is 0 Å². The maximum atomic E-state index is 5.93. The Kier molecular flexibility index (Phi) is 6.27. The van der Waals surface area contributed by atoms with Crippen LogP contribution in [0.1, 0.15) is 52.4 Å². The van der Waals surface area contributed by atoms with Crippen molar-refractivity contribution in [3.05, 3.63) is 0 Å². The second-order valence-corrected chi connectivity index (χ2v) is 4.70. The van der Waals surface area contributed by atoms with Gasteiger partial charge in [-0.2, -0.15) is 0 Å². The minimum absolute atomic E-state index is 0.723. The van der Waals surface area contributed by atoms with Gasteiger partial charge in [0.25, 0.3) is 0 Å². The lowest BCUT2D eigenvalue weighted by atomic mass is 9.87. The number of nitrogens with two attached hydrogens (primary N) is 1. The van der Waals surface area contributed by atoms with Crippen molar-refractivity contribution in [1.82, 2.24) is 4.90 Å². The van der Waals surface area contributed by atoms with E-state index in [0.717, 1.165) is 31.5 Å². The molecule has 1 saturated carbocycles. The highest BCUT2D eigenvalue weighted by molar-refractivity contribution is 5.77. The van der Waals surface area contributed by atoms with Crippen LogP contribution >= 0.6 is 0 Å². The molecule has 2 N–H and O–H groups in total. The SMILES string of the molecule is CCN(CC)C(N)=NCCC1CCCCC1. The molecule has 0 radical (unpaired) electrons. The largest absolute Gasteiger partial charge is 0.370 e. The molecule has 1 fully saturated rings. The summed E-state index contributed by atoms with van der Waals surface area (Å²) in [6, 6.07) is 0. The van der Waals surface area contributed by atoms with E-state index in [1.165, 1.54) is 38.5 Å². The third kappa shape index (κ3) is 4.42. The van der Waals surface area contributed by atoms with Gasteiger partial charge in [-0.15, -0.1) is 0 Å². The van der Waals surface area contributed by atoms with E-state index in [0.29, 0.717) is 0 Å². The molecule has 3 heteroatoms. The minimum Gasteiger partial charge on any atom is -0.370 e. The first-order chi connectivity index (χ1) is 7.77.